The zero-order valence-corrected chi connectivity index (χ0v) is 13.2. The molecule has 1 aliphatic rings. The van der Waals surface area contributed by atoms with E-state index in [1.54, 1.807) is 0 Å². The van der Waals surface area contributed by atoms with Crippen LogP contribution in [-0.4, -0.2) is 50.2 Å². The van der Waals surface area contributed by atoms with Gasteiger partial charge in [-0.3, -0.25) is 0 Å². The second-order valence-corrected chi connectivity index (χ2v) is 5.75. The van der Waals surface area contributed by atoms with Crippen LogP contribution in [0.2, 0.25) is 0 Å². The summed E-state index contributed by atoms with van der Waals surface area (Å²) in [5, 5.41) is 3.25. The first-order chi connectivity index (χ1) is 9.72. The molecule has 4 nitrogen and oxygen atoms in total. The predicted octanol–water partition coefficient (Wildman–Crippen LogP) is 1.90. The van der Waals surface area contributed by atoms with E-state index < -0.39 is 0 Å². The summed E-state index contributed by atoms with van der Waals surface area (Å²) >= 11 is 0. The lowest BCUT2D eigenvalue weighted by molar-refractivity contribution is 0.360. The third-order valence-electron chi connectivity index (χ3n) is 3.86. The van der Waals surface area contributed by atoms with Gasteiger partial charge in [-0.2, -0.15) is 0 Å². The Labute approximate surface area is 123 Å². The highest BCUT2D eigenvalue weighted by Gasteiger charge is 2.14. The van der Waals surface area contributed by atoms with Crippen LogP contribution in [-0.2, 0) is 13.0 Å². The maximum Gasteiger partial charge on any atom is 0.129 e. The van der Waals surface area contributed by atoms with Gasteiger partial charge in [-0.25, -0.2) is 4.98 Å². The first kappa shape index (κ1) is 15.3. The molecule has 0 bridgehead atoms. The van der Waals surface area contributed by atoms with Crippen molar-refractivity contribution >= 4 is 5.82 Å². The van der Waals surface area contributed by atoms with Crippen molar-refractivity contribution in [2.75, 3.05) is 45.2 Å². The van der Waals surface area contributed by atoms with Gasteiger partial charge in [0.15, 0.2) is 0 Å². The standard InChI is InChI=1S/C16H28N4/c1-4-6-15-11-14(13-17-2)12-16(18-15)20-8-5-7-19(3)9-10-20/h11-12,17H,4-10,13H2,1-3H3. The number of rotatable bonds is 5. The fourth-order valence-corrected chi connectivity index (χ4v) is 2.76. The normalized spacial score (nSPS) is 17.2. The van der Waals surface area contributed by atoms with Crippen LogP contribution < -0.4 is 10.2 Å². The van der Waals surface area contributed by atoms with E-state index in [2.05, 4.69) is 41.2 Å². The minimum atomic E-state index is 0.917. The van der Waals surface area contributed by atoms with E-state index in [4.69, 9.17) is 4.98 Å². The van der Waals surface area contributed by atoms with E-state index in [0.717, 1.165) is 44.8 Å². The Bertz CT molecular complexity index is 395. The van der Waals surface area contributed by atoms with Crippen LogP contribution >= 0.6 is 0 Å². The van der Waals surface area contributed by atoms with Crippen LogP contribution in [0.3, 0.4) is 0 Å². The van der Waals surface area contributed by atoms with E-state index in [-0.39, 0.29) is 0 Å². The molecule has 1 N–H and O–H groups in total. The number of anilines is 1. The number of aryl methyl sites for hydroxylation is 1. The number of nitrogens with one attached hydrogen (secondary N) is 1. The monoisotopic (exact) mass is 276 g/mol. The van der Waals surface area contributed by atoms with Gasteiger partial charge >= 0.3 is 0 Å². The largest absolute Gasteiger partial charge is 0.355 e. The molecule has 0 amide bonds. The number of hydrogen-bond acceptors (Lipinski definition) is 4. The van der Waals surface area contributed by atoms with Gasteiger partial charge in [0.25, 0.3) is 0 Å². The first-order valence-electron chi connectivity index (χ1n) is 7.81. The van der Waals surface area contributed by atoms with E-state index in [9.17, 15) is 0 Å². The fourth-order valence-electron chi connectivity index (χ4n) is 2.76. The lowest BCUT2D eigenvalue weighted by atomic mass is 10.1. The van der Waals surface area contributed by atoms with Crippen molar-refractivity contribution in [3.05, 3.63) is 23.4 Å². The van der Waals surface area contributed by atoms with Gasteiger partial charge in [-0.15, -0.1) is 0 Å². The van der Waals surface area contributed by atoms with Gasteiger partial charge in [0.1, 0.15) is 5.82 Å². The van der Waals surface area contributed by atoms with Crippen molar-refractivity contribution in [2.24, 2.45) is 0 Å². The molecule has 1 saturated heterocycles. The zero-order chi connectivity index (χ0) is 14.4. The van der Waals surface area contributed by atoms with Crippen molar-refractivity contribution in [1.82, 2.24) is 15.2 Å². The topological polar surface area (TPSA) is 31.4 Å². The Morgan fingerprint density at radius 3 is 2.80 bits per heavy atom. The number of nitrogens with zero attached hydrogens (tertiary/aromatic N) is 3. The molecule has 20 heavy (non-hydrogen) atoms. The molecule has 0 unspecified atom stereocenters. The highest BCUT2D eigenvalue weighted by Crippen LogP contribution is 2.18. The third kappa shape index (κ3) is 4.18. The molecule has 0 spiro atoms. The second kappa shape index (κ2) is 7.60. The molecule has 1 aromatic rings. The lowest BCUT2D eigenvalue weighted by Gasteiger charge is -2.23. The zero-order valence-electron chi connectivity index (χ0n) is 13.2. The van der Waals surface area contributed by atoms with E-state index >= 15 is 0 Å². The summed E-state index contributed by atoms with van der Waals surface area (Å²) < 4.78 is 0. The predicted molar refractivity (Wildman–Crippen MR) is 85.3 cm³/mol. The van der Waals surface area contributed by atoms with Crippen LogP contribution in [0.4, 0.5) is 5.82 Å². The minimum absolute atomic E-state index is 0.917. The molecule has 1 aromatic heterocycles. The van der Waals surface area contributed by atoms with E-state index in [0.29, 0.717) is 0 Å². The summed E-state index contributed by atoms with van der Waals surface area (Å²) in [6, 6.07) is 4.49. The number of aromatic nitrogens is 1. The third-order valence-corrected chi connectivity index (χ3v) is 3.86. The van der Waals surface area contributed by atoms with Crippen LogP contribution in [0.5, 0.6) is 0 Å². The molecule has 0 aromatic carbocycles. The molecule has 0 saturated carbocycles. The maximum atomic E-state index is 4.88. The van der Waals surface area contributed by atoms with Gasteiger partial charge in [0.2, 0.25) is 0 Å². The highest BCUT2D eigenvalue weighted by atomic mass is 15.2. The summed E-state index contributed by atoms with van der Waals surface area (Å²) in [7, 11) is 4.21. The fraction of sp³-hybridized carbons (Fsp3) is 0.688. The molecular weight excluding hydrogens is 248 g/mol. The Morgan fingerprint density at radius 1 is 1.20 bits per heavy atom. The molecule has 0 radical (unpaired) electrons. The van der Waals surface area contributed by atoms with Crippen molar-refractivity contribution in [3.63, 3.8) is 0 Å². The van der Waals surface area contributed by atoms with Crippen LogP contribution in [0, 0.1) is 0 Å². The summed E-state index contributed by atoms with van der Waals surface area (Å²) in [6.45, 7) is 7.65. The SMILES string of the molecule is CCCc1cc(CNC)cc(N2CCCN(C)CC2)n1. The van der Waals surface area contributed by atoms with Crippen LogP contribution in [0.1, 0.15) is 31.0 Å². The Morgan fingerprint density at radius 2 is 2.05 bits per heavy atom. The molecule has 2 heterocycles. The van der Waals surface area contributed by atoms with Crippen LogP contribution in [0.15, 0.2) is 12.1 Å². The average Bonchev–Trinajstić information content (AvgIpc) is 2.64. The Kier molecular flexibility index (Phi) is 5.80. The van der Waals surface area contributed by atoms with E-state index in [1.165, 1.54) is 24.2 Å². The maximum absolute atomic E-state index is 4.88. The Balaban J connectivity index is 2.19. The lowest BCUT2D eigenvalue weighted by Crippen LogP contribution is -2.29. The average molecular weight is 276 g/mol. The van der Waals surface area contributed by atoms with Crippen molar-refractivity contribution in [2.45, 2.75) is 32.7 Å². The quantitative estimate of drug-likeness (QED) is 0.890. The summed E-state index contributed by atoms with van der Waals surface area (Å²) in [5.41, 5.74) is 2.58. The van der Waals surface area contributed by atoms with Gasteiger partial charge in [-0.05, 0) is 51.2 Å². The van der Waals surface area contributed by atoms with Gasteiger partial charge in [-0.1, -0.05) is 13.3 Å². The van der Waals surface area contributed by atoms with Gasteiger partial charge in [0, 0.05) is 31.9 Å². The van der Waals surface area contributed by atoms with Crippen molar-refractivity contribution < 1.29 is 0 Å². The van der Waals surface area contributed by atoms with Gasteiger partial charge < -0.3 is 15.1 Å². The summed E-state index contributed by atoms with van der Waals surface area (Å²) in [5.74, 6) is 1.16. The molecular formula is C16H28N4. The molecule has 112 valence electrons. The number of likely N-dealkylation sites (N-methyl/N-ethyl adjacent to an activating group) is 1. The number of pyridine rings is 1. The molecule has 0 aliphatic carbocycles. The minimum Gasteiger partial charge on any atom is -0.355 e. The molecule has 1 aliphatic heterocycles. The summed E-state index contributed by atoms with van der Waals surface area (Å²) in [6.07, 6.45) is 3.44. The molecule has 2 rings (SSSR count). The van der Waals surface area contributed by atoms with Crippen molar-refractivity contribution in [3.8, 4) is 0 Å². The molecule has 1 fully saturated rings. The Hall–Kier alpha value is -1.13. The molecule has 0 atom stereocenters. The highest BCUT2D eigenvalue weighted by molar-refractivity contribution is 5.43. The second-order valence-electron chi connectivity index (χ2n) is 5.75. The molecule has 4 heteroatoms. The van der Waals surface area contributed by atoms with E-state index in [1.807, 2.05) is 7.05 Å². The van der Waals surface area contributed by atoms with Crippen LogP contribution in [0.25, 0.3) is 0 Å². The van der Waals surface area contributed by atoms with Gasteiger partial charge in [0.05, 0.1) is 0 Å². The first-order valence-corrected chi connectivity index (χ1v) is 7.81. The number of hydrogen-bond donors (Lipinski definition) is 1. The van der Waals surface area contributed by atoms with Crippen molar-refractivity contribution in [1.29, 1.82) is 0 Å². The summed E-state index contributed by atoms with van der Waals surface area (Å²) in [4.78, 5) is 9.73. The smallest absolute Gasteiger partial charge is 0.129 e.